The van der Waals surface area contributed by atoms with Crippen LogP contribution in [0.5, 0.6) is 0 Å². The van der Waals surface area contributed by atoms with E-state index in [1.165, 1.54) is 4.90 Å². The van der Waals surface area contributed by atoms with Gasteiger partial charge >= 0.3 is 5.97 Å². The highest BCUT2D eigenvalue weighted by Crippen LogP contribution is 2.20. The molecule has 33 heavy (non-hydrogen) atoms. The molecule has 7 N–H and O–H groups in total. The zero-order valence-corrected chi connectivity index (χ0v) is 20.0. The molecule has 0 aliphatic carbocycles. The third kappa shape index (κ3) is 9.37. The van der Waals surface area contributed by atoms with Crippen LogP contribution in [0.25, 0.3) is 0 Å². The zero-order valence-electron chi connectivity index (χ0n) is 20.0. The van der Waals surface area contributed by atoms with Crippen molar-refractivity contribution in [2.24, 2.45) is 23.3 Å². The molecule has 0 saturated carbocycles. The van der Waals surface area contributed by atoms with Gasteiger partial charge in [-0.2, -0.15) is 0 Å². The maximum absolute atomic E-state index is 13.3. The van der Waals surface area contributed by atoms with Crippen LogP contribution >= 0.6 is 0 Å². The Balaban J connectivity index is 2.97. The Kier molecular flexibility index (Phi) is 11.3. The van der Waals surface area contributed by atoms with E-state index in [0.717, 1.165) is 0 Å². The van der Waals surface area contributed by atoms with Crippen molar-refractivity contribution in [2.75, 3.05) is 6.54 Å². The number of primary amides is 1. The van der Waals surface area contributed by atoms with Crippen LogP contribution in [-0.4, -0.2) is 70.3 Å². The summed E-state index contributed by atoms with van der Waals surface area (Å²) in [4.78, 5) is 62.8. The van der Waals surface area contributed by atoms with Gasteiger partial charge in [-0.25, -0.2) is 4.79 Å². The monoisotopic (exact) mass is 469 g/mol. The van der Waals surface area contributed by atoms with Crippen molar-refractivity contribution >= 4 is 29.6 Å². The number of carbonyl (C=O) groups is 5. The largest absolute Gasteiger partial charge is 0.480 e. The summed E-state index contributed by atoms with van der Waals surface area (Å²) in [7, 11) is 0. The van der Waals surface area contributed by atoms with E-state index in [2.05, 4.69) is 10.6 Å². The number of hydrogen-bond acceptors (Lipinski definition) is 6. The third-order valence-corrected chi connectivity index (χ3v) is 5.52. The molecule has 0 bridgehead atoms. The number of carboxylic acids is 1. The molecule has 4 unspecified atom stereocenters. The first-order valence-electron chi connectivity index (χ1n) is 11.5. The number of nitrogens with zero attached hydrogens (tertiary/aromatic N) is 1. The van der Waals surface area contributed by atoms with Crippen molar-refractivity contribution in [1.29, 1.82) is 0 Å². The lowest BCUT2D eigenvalue weighted by molar-refractivity contribution is -0.145. The number of nitrogens with two attached hydrogens (primary N) is 2. The van der Waals surface area contributed by atoms with E-state index >= 15 is 0 Å². The molecule has 1 rings (SSSR count). The van der Waals surface area contributed by atoms with E-state index in [9.17, 15) is 29.1 Å². The third-order valence-electron chi connectivity index (χ3n) is 5.52. The Morgan fingerprint density at radius 3 is 2.12 bits per heavy atom. The summed E-state index contributed by atoms with van der Waals surface area (Å²) < 4.78 is 0. The van der Waals surface area contributed by atoms with E-state index in [4.69, 9.17) is 11.5 Å². The topological polar surface area (TPSA) is 185 Å². The maximum Gasteiger partial charge on any atom is 0.326 e. The zero-order chi connectivity index (χ0) is 25.3. The first-order valence-corrected chi connectivity index (χ1v) is 11.5. The quantitative estimate of drug-likeness (QED) is 0.245. The molecule has 1 aliphatic heterocycles. The second-order valence-corrected chi connectivity index (χ2v) is 9.52. The van der Waals surface area contributed by atoms with Crippen LogP contribution in [0.1, 0.15) is 66.2 Å². The average molecular weight is 470 g/mol. The van der Waals surface area contributed by atoms with Crippen molar-refractivity contribution in [1.82, 2.24) is 15.5 Å². The van der Waals surface area contributed by atoms with Crippen LogP contribution in [0.4, 0.5) is 0 Å². The molecule has 0 spiro atoms. The maximum atomic E-state index is 13.3. The van der Waals surface area contributed by atoms with Gasteiger partial charge in [-0.15, -0.1) is 0 Å². The predicted molar refractivity (Wildman–Crippen MR) is 122 cm³/mol. The van der Waals surface area contributed by atoms with Crippen molar-refractivity contribution in [3.05, 3.63) is 0 Å². The van der Waals surface area contributed by atoms with Gasteiger partial charge in [0.25, 0.3) is 0 Å². The standard InChI is InChI=1S/C22H39N5O6/c1-12(2)10-14(23)19(29)25-15(7-8-18(24)28)21(31)27-9-5-6-17(27)20(30)26-16(22(32)33)11-13(3)4/h12-17H,5-11,23H2,1-4H3,(H2,24,28)(H,25,29)(H,26,30)(H,32,33). The summed E-state index contributed by atoms with van der Waals surface area (Å²) in [6.45, 7) is 7.81. The molecule has 0 radical (unpaired) electrons. The normalized spacial score (nSPS) is 18.6. The number of rotatable bonds is 13. The number of hydrogen-bond donors (Lipinski definition) is 5. The Morgan fingerprint density at radius 2 is 1.61 bits per heavy atom. The SMILES string of the molecule is CC(C)CC(N)C(=O)NC(CCC(N)=O)C(=O)N1CCCC1C(=O)NC(CC(C)C)C(=O)O. The van der Waals surface area contributed by atoms with Crippen LogP contribution in [0.15, 0.2) is 0 Å². The lowest BCUT2D eigenvalue weighted by Crippen LogP contribution is -2.57. The lowest BCUT2D eigenvalue weighted by Gasteiger charge is -2.30. The molecule has 1 heterocycles. The highest BCUT2D eigenvalue weighted by atomic mass is 16.4. The van der Waals surface area contributed by atoms with Gasteiger partial charge in [-0.3, -0.25) is 19.2 Å². The number of aliphatic carboxylic acids is 1. The summed E-state index contributed by atoms with van der Waals surface area (Å²) in [5.74, 6) is -3.13. The molecule has 1 fully saturated rings. The van der Waals surface area contributed by atoms with Crippen molar-refractivity contribution in [3.8, 4) is 0 Å². The fraction of sp³-hybridized carbons (Fsp3) is 0.773. The molecule has 0 aromatic carbocycles. The molecular weight excluding hydrogens is 430 g/mol. The smallest absolute Gasteiger partial charge is 0.326 e. The van der Waals surface area contributed by atoms with Gasteiger partial charge in [0.2, 0.25) is 23.6 Å². The Labute approximate surface area is 195 Å². The minimum absolute atomic E-state index is 0.0236. The number of likely N-dealkylation sites (tertiary alicyclic amines) is 1. The average Bonchev–Trinajstić information content (AvgIpc) is 3.18. The lowest BCUT2D eigenvalue weighted by atomic mass is 10.0. The fourth-order valence-electron chi connectivity index (χ4n) is 3.90. The van der Waals surface area contributed by atoms with E-state index in [1.54, 1.807) is 0 Å². The van der Waals surface area contributed by atoms with E-state index in [1.807, 2.05) is 27.7 Å². The molecule has 1 saturated heterocycles. The highest BCUT2D eigenvalue weighted by molar-refractivity contribution is 5.94. The van der Waals surface area contributed by atoms with Crippen LogP contribution < -0.4 is 22.1 Å². The minimum Gasteiger partial charge on any atom is -0.480 e. The first kappa shape index (κ1) is 28.3. The van der Waals surface area contributed by atoms with E-state index < -0.39 is 53.8 Å². The highest BCUT2D eigenvalue weighted by Gasteiger charge is 2.39. The van der Waals surface area contributed by atoms with Crippen molar-refractivity contribution in [2.45, 2.75) is 90.4 Å². The second kappa shape index (κ2) is 13.1. The van der Waals surface area contributed by atoms with Gasteiger partial charge in [0, 0.05) is 13.0 Å². The van der Waals surface area contributed by atoms with Gasteiger partial charge < -0.3 is 32.1 Å². The second-order valence-electron chi connectivity index (χ2n) is 9.52. The van der Waals surface area contributed by atoms with Gasteiger partial charge in [-0.1, -0.05) is 27.7 Å². The summed E-state index contributed by atoms with van der Waals surface area (Å²) in [6, 6.07) is -3.81. The molecule has 11 heteroatoms. The molecule has 188 valence electrons. The Morgan fingerprint density at radius 1 is 1.00 bits per heavy atom. The Bertz CT molecular complexity index is 726. The molecular formula is C22H39N5O6. The summed E-state index contributed by atoms with van der Waals surface area (Å²) in [5, 5.41) is 14.6. The molecule has 0 aromatic rings. The van der Waals surface area contributed by atoms with Gasteiger partial charge in [0.05, 0.1) is 6.04 Å². The van der Waals surface area contributed by atoms with Crippen molar-refractivity contribution < 1.29 is 29.1 Å². The molecule has 11 nitrogen and oxygen atoms in total. The molecule has 0 aromatic heterocycles. The van der Waals surface area contributed by atoms with Crippen LogP contribution in [0.2, 0.25) is 0 Å². The molecule has 4 amide bonds. The number of carbonyl (C=O) groups excluding carboxylic acids is 4. The van der Waals surface area contributed by atoms with Gasteiger partial charge in [0.15, 0.2) is 0 Å². The molecule has 4 atom stereocenters. The number of nitrogens with one attached hydrogen (secondary N) is 2. The van der Waals surface area contributed by atoms with Gasteiger partial charge in [0.1, 0.15) is 18.1 Å². The van der Waals surface area contributed by atoms with Crippen LogP contribution in [0.3, 0.4) is 0 Å². The van der Waals surface area contributed by atoms with E-state index in [-0.39, 0.29) is 37.6 Å². The van der Waals surface area contributed by atoms with Crippen LogP contribution in [0, 0.1) is 11.8 Å². The predicted octanol–water partition coefficient (Wildman–Crippen LogP) is -0.283. The number of amides is 4. The summed E-state index contributed by atoms with van der Waals surface area (Å²) >= 11 is 0. The molecule has 1 aliphatic rings. The Hall–Kier alpha value is -2.69. The van der Waals surface area contributed by atoms with E-state index in [0.29, 0.717) is 19.3 Å². The van der Waals surface area contributed by atoms with Crippen molar-refractivity contribution in [3.63, 3.8) is 0 Å². The summed E-state index contributed by atoms with van der Waals surface area (Å²) in [6.07, 6.45) is 1.45. The van der Waals surface area contributed by atoms with Gasteiger partial charge in [-0.05, 0) is 43.9 Å². The minimum atomic E-state index is -1.14. The summed E-state index contributed by atoms with van der Waals surface area (Å²) in [5.41, 5.74) is 11.2. The number of carboxylic acid groups (broad SMARTS) is 1. The van der Waals surface area contributed by atoms with Crippen LogP contribution in [-0.2, 0) is 24.0 Å². The fourth-order valence-corrected chi connectivity index (χ4v) is 3.90. The first-order chi connectivity index (χ1) is 15.3.